The van der Waals surface area contributed by atoms with Crippen molar-refractivity contribution in [1.82, 2.24) is 0 Å². The number of fused-ring (bicyclic) bond motifs is 3. The summed E-state index contributed by atoms with van der Waals surface area (Å²) in [6.07, 6.45) is 6.16. The molecule has 0 fully saturated rings. The number of hydrogen-bond acceptors (Lipinski definition) is 2. The highest BCUT2D eigenvalue weighted by Gasteiger charge is 2.08. The van der Waals surface area contributed by atoms with E-state index in [1.165, 1.54) is 29.2 Å². The van der Waals surface area contributed by atoms with Crippen LogP contribution in [0, 0.1) is 0 Å². The van der Waals surface area contributed by atoms with Gasteiger partial charge in [0.2, 0.25) is 0 Å². The molecule has 2 heteroatoms. The van der Waals surface area contributed by atoms with Crippen LogP contribution in [0.3, 0.4) is 0 Å². The summed E-state index contributed by atoms with van der Waals surface area (Å²) in [5.74, 6) is 0. The summed E-state index contributed by atoms with van der Waals surface area (Å²) in [5.41, 5.74) is 0. The average Bonchev–Trinajstić information content (AvgIpc) is 2.85. The minimum absolute atomic E-state index is 1.31. The van der Waals surface area contributed by atoms with E-state index < -0.39 is 0 Å². The van der Waals surface area contributed by atoms with E-state index in [1.807, 2.05) is 28.7 Å². The summed E-state index contributed by atoms with van der Waals surface area (Å²) < 4.78 is 5.51. The van der Waals surface area contributed by atoms with Crippen LogP contribution in [0.4, 0.5) is 0 Å². The highest BCUT2D eigenvalue weighted by atomic mass is 32.1. The van der Waals surface area contributed by atoms with Gasteiger partial charge in [-0.15, -0.1) is 22.7 Å². The second-order valence-electron chi connectivity index (χ2n) is 3.83. The Kier molecular flexibility index (Phi) is 2.61. The highest BCUT2D eigenvalue weighted by molar-refractivity contribution is 7.32. The summed E-state index contributed by atoms with van der Waals surface area (Å²) in [7, 11) is 0. The van der Waals surface area contributed by atoms with Crippen LogP contribution in [0.1, 0.15) is 6.92 Å². The molecule has 2 heterocycles. The summed E-state index contributed by atoms with van der Waals surface area (Å²) in [4.78, 5) is 0. The number of hydrogen-bond donors (Lipinski definition) is 0. The lowest BCUT2D eigenvalue weighted by atomic mass is 10.2. The van der Waals surface area contributed by atoms with Gasteiger partial charge >= 0.3 is 0 Å². The van der Waals surface area contributed by atoms with Crippen molar-refractivity contribution < 1.29 is 0 Å². The quantitative estimate of drug-likeness (QED) is 0.620. The Balaban J connectivity index is 2.60. The maximum absolute atomic E-state index is 3.79. The van der Waals surface area contributed by atoms with E-state index in [-0.39, 0.29) is 0 Å². The summed E-state index contributed by atoms with van der Waals surface area (Å²) in [6.45, 7) is 5.89. The molecule has 0 saturated heterocycles. The third-order valence-corrected chi connectivity index (χ3v) is 5.37. The van der Waals surface area contributed by atoms with E-state index in [4.69, 9.17) is 0 Å². The lowest BCUT2D eigenvalue weighted by Crippen LogP contribution is -2.16. The van der Waals surface area contributed by atoms with Gasteiger partial charge < -0.3 is 0 Å². The minimum Gasteiger partial charge on any atom is -0.134 e. The molecule has 0 bridgehead atoms. The van der Waals surface area contributed by atoms with Crippen LogP contribution in [0.15, 0.2) is 36.9 Å². The Bertz CT molecular complexity index is 816. The van der Waals surface area contributed by atoms with Gasteiger partial charge in [0.15, 0.2) is 0 Å². The lowest BCUT2D eigenvalue weighted by Gasteiger charge is -1.85. The number of benzene rings is 1. The fourth-order valence-electron chi connectivity index (χ4n) is 2.08. The van der Waals surface area contributed by atoms with Crippen LogP contribution in [0.2, 0.25) is 0 Å². The first kappa shape index (κ1) is 10.8. The molecule has 0 aliphatic heterocycles. The molecule has 0 spiro atoms. The van der Waals surface area contributed by atoms with Gasteiger partial charge in [0.05, 0.1) is 9.40 Å². The lowest BCUT2D eigenvalue weighted by molar-refractivity contribution is 1.76. The maximum Gasteiger partial charge on any atom is 0.0541 e. The summed E-state index contributed by atoms with van der Waals surface area (Å²) >= 11 is 3.75. The van der Waals surface area contributed by atoms with E-state index in [9.17, 15) is 0 Å². The van der Waals surface area contributed by atoms with Crippen molar-refractivity contribution in [2.45, 2.75) is 6.92 Å². The molecule has 17 heavy (non-hydrogen) atoms. The normalized spacial score (nSPS) is 13.9. The molecule has 0 saturated carbocycles. The van der Waals surface area contributed by atoms with Gasteiger partial charge in [0.25, 0.3) is 0 Å². The fraction of sp³-hybridized carbons (Fsp3) is 0.0667. The molecule has 1 aromatic carbocycles. The number of thiophene rings is 2. The van der Waals surface area contributed by atoms with E-state index in [1.54, 1.807) is 0 Å². The van der Waals surface area contributed by atoms with Crippen LogP contribution in [-0.4, -0.2) is 0 Å². The van der Waals surface area contributed by atoms with Crippen LogP contribution in [0.5, 0.6) is 0 Å². The van der Waals surface area contributed by atoms with Gasteiger partial charge in [0.1, 0.15) is 0 Å². The average molecular weight is 256 g/mol. The Hall–Kier alpha value is -1.38. The molecule has 0 atom stereocenters. The van der Waals surface area contributed by atoms with Crippen molar-refractivity contribution in [3.8, 4) is 0 Å². The third kappa shape index (κ3) is 1.56. The van der Waals surface area contributed by atoms with Gasteiger partial charge in [0, 0.05) is 19.8 Å². The Morgan fingerprint density at radius 2 is 1.94 bits per heavy atom. The second-order valence-corrected chi connectivity index (χ2v) is 5.93. The fourth-order valence-corrected chi connectivity index (χ4v) is 4.85. The van der Waals surface area contributed by atoms with E-state index in [0.29, 0.717) is 0 Å². The van der Waals surface area contributed by atoms with Crippen LogP contribution >= 0.6 is 22.7 Å². The van der Waals surface area contributed by atoms with Crippen LogP contribution in [0.25, 0.3) is 31.6 Å². The Labute approximate surface area is 108 Å². The number of rotatable bonds is 1. The molecule has 0 aliphatic rings. The van der Waals surface area contributed by atoms with Gasteiger partial charge in [-0.05, 0) is 19.1 Å². The molecule has 2 aromatic heterocycles. The zero-order valence-corrected chi connectivity index (χ0v) is 11.2. The molecule has 3 aromatic rings. The van der Waals surface area contributed by atoms with Crippen molar-refractivity contribution in [2.75, 3.05) is 0 Å². The van der Waals surface area contributed by atoms with Crippen molar-refractivity contribution in [2.24, 2.45) is 0 Å². The van der Waals surface area contributed by atoms with E-state index in [0.717, 1.165) is 0 Å². The molecular formula is C15H12S2. The zero-order chi connectivity index (χ0) is 11.8. The number of allylic oxidation sites excluding steroid dienone is 1. The predicted octanol–water partition coefficient (Wildman–Crippen LogP) is 3.88. The van der Waals surface area contributed by atoms with Crippen LogP contribution in [-0.2, 0) is 0 Å². The van der Waals surface area contributed by atoms with Crippen molar-refractivity contribution in [3.63, 3.8) is 0 Å². The van der Waals surface area contributed by atoms with Gasteiger partial charge in [-0.2, -0.15) is 0 Å². The molecule has 0 unspecified atom stereocenters. The Morgan fingerprint density at radius 3 is 2.71 bits per heavy atom. The van der Waals surface area contributed by atoms with Crippen LogP contribution < -0.4 is 9.75 Å². The minimum atomic E-state index is 1.31. The van der Waals surface area contributed by atoms with Crippen molar-refractivity contribution in [3.05, 3.63) is 46.7 Å². The highest BCUT2D eigenvalue weighted by Crippen LogP contribution is 2.33. The molecule has 0 nitrogen and oxygen atoms in total. The zero-order valence-electron chi connectivity index (χ0n) is 9.57. The maximum atomic E-state index is 3.79. The monoisotopic (exact) mass is 256 g/mol. The van der Waals surface area contributed by atoms with E-state index in [2.05, 4.69) is 49.9 Å². The molecule has 3 rings (SSSR count). The SMILES string of the molecule is C=C/C=c1/sc2c(sc3ccccc32)/c1=C/C. The molecule has 84 valence electrons. The topological polar surface area (TPSA) is 0 Å². The molecular weight excluding hydrogens is 244 g/mol. The molecule has 0 radical (unpaired) electrons. The van der Waals surface area contributed by atoms with Gasteiger partial charge in [-0.25, -0.2) is 0 Å². The standard InChI is InChI=1S/C15H12S2/c1-3-7-12-10(4-2)14-15(16-12)11-8-5-6-9-13(11)17-14/h3-9H,1H2,2H3/b10-4+,12-7+. The first-order valence-corrected chi connectivity index (χ1v) is 7.17. The summed E-state index contributed by atoms with van der Waals surface area (Å²) in [6, 6.07) is 8.62. The first-order valence-electron chi connectivity index (χ1n) is 5.54. The largest absolute Gasteiger partial charge is 0.134 e. The van der Waals surface area contributed by atoms with Gasteiger partial charge in [-0.3, -0.25) is 0 Å². The van der Waals surface area contributed by atoms with E-state index >= 15 is 0 Å². The molecule has 0 amide bonds. The van der Waals surface area contributed by atoms with Gasteiger partial charge in [-0.1, -0.05) is 36.9 Å². The summed E-state index contributed by atoms with van der Waals surface area (Å²) in [5, 5.41) is 2.73. The van der Waals surface area contributed by atoms with Crippen molar-refractivity contribution in [1.29, 1.82) is 0 Å². The molecule has 0 N–H and O–H groups in total. The second kappa shape index (κ2) is 4.13. The smallest absolute Gasteiger partial charge is 0.0541 e. The third-order valence-electron chi connectivity index (χ3n) is 2.83. The Morgan fingerprint density at radius 1 is 1.12 bits per heavy atom. The molecule has 0 aliphatic carbocycles. The van der Waals surface area contributed by atoms with Crippen molar-refractivity contribution >= 4 is 54.3 Å². The first-order chi connectivity index (χ1) is 8.35. The predicted molar refractivity (Wildman–Crippen MR) is 81.3 cm³/mol.